The average molecular weight is 444 g/mol. The van der Waals surface area contributed by atoms with Crippen LogP contribution in [0, 0.1) is 27.7 Å². The van der Waals surface area contributed by atoms with Crippen molar-refractivity contribution in [2.75, 3.05) is 7.11 Å². The van der Waals surface area contributed by atoms with Crippen molar-refractivity contribution < 1.29 is 9.53 Å². The monoisotopic (exact) mass is 443 g/mol. The van der Waals surface area contributed by atoms with Crippen LogP contribution in [0.4, 0.5) is 0 Å². The molecular formula is C25H25N5O3. The van der Waals surface area contributed by atoms with Crippen molar-refractivity contribution >= 4 is 23.0 Å². The van der Waals surface area contributed by atoms with Crippen LogP contribution < -0.4 is 15.7 Å². The number of nitrogens with one attached hydrogen (secondary N) is 1. The molecule has 0 unspecified atom stereocenters. The van der Waals surface area contributed by atoms with Crippen molar-refractivity contribution in [1.82, 2.24) is 19.8 Å². The smallest absolute Gasteiger partial charge is 0.280 e. The van der Waals surface area contributed by atoms with Crippen molar-refractivity contribution in [3.8, 4) is 5.75 Å². The lowest BCUT2D eigenvalue weighted by Gasteiger charge is -2.16. The van der Waals surface area contributed by atoms with Gasteiger partial charge in [-0.25, -0.2) is 10.4 Å². The number of aryl methyl sites for hydroxylation is 3. The first-order valence-corrected chi connectivity index (χ1v) is 10.5. The summed E-state index contributed by atoms with van der Waals surface area (Å²) in [5, 5.41) is 4.67. The minimum Gasteiger partial charge on any atom is -0.496 e. The van der Waals surface area contributed by atoms with Gasteiger partial charge < -0.3 is 4.74 Å². The standard InChI is InChI=1S/C25H25N5O3/c1-15-10-11-21(23(12-15)33-5)24(31)28-26-14-19-13-16(2)29(17(19)3)30-18(4)27-22-9-7-6-8-20(22)25(30)32/h6-14H,1-5H3,(H,28,31). The van der Waals surface area contributed by atoms with Crippen LogP contribution in [0.25, 0.3) is 10.9 Å². The van der Waals surface area contributed by atoms with E-state index in [1.54, 1.807) is 36.0 Å². The minimum absolute atomic E-state index is 0.150. The van der Waals surface area contributed by atoms with Crippen LogP contribution in [-0.2, 0) is 0 Å². The summed E-state index contributed by atoms with van der Waals surface area (Å²) in [5.74, 6) is 0.686. The Balaban J connectivity index is 1.66. The SMILES string of the molecule is COc1cc(C)ccc1C(=O)NN=Cc1cc(C)n(-n2c(C)nc3ccccc3c2=O)c1C. The van der Waals surface area contributed by atoms with Crippen LogP contribution in [0.3, 0.4) is 0 Å². The number of ether oxygens (including phenoxy) is 1. The van der Waals surface area contributed by atoms with E-state index in [-0.39, 0.29) is 11.5 Å². The molecule has 0 atom stereocenters. The van der Waals surface area contributed by atoms with Crippen LogP contribution in [-0.4, -0.2) is 33.6 Å². The summed E-state index contributed by atoms with van der Waals surface area (Å²) in [6.07, 6.45) is 1.56. The Morgan fingerprint density at radius 2 is 1.82 bits per heavy atom. The molecule has 33 heavy (non-hydrogen) atoms. The zero-order valence-electron chi connectivity index (χ0n) is 19.2. The van der Waals surface area contributed by atoms with Crippen molar-refractivity contribution in [2.24, 2.45) is 5.10 Å². The predicted octanol–water partition coefficient (Wildman–Crippen LogP) is 3.52. The first-order valence-electron chi connectivity index (χ1n) is 10.5. The number of hydrogen-bond acceptors (Lipinski definition) is 5. The Morgan fingerprint density at radius 1 is 1.06 bits per heavy atom. The number of carbonyl (C=O) groups is 1. The van der Waals surface area contributed by atoms with E-state index in [0.717, 1.165) is 22.5 Å². The molecule has 2 aromatic heterocycles. The maximum absolute atomic E-state index is 13.2. The van der Waals surface area contributed by atoms with Gasteiger partial charge in [-0.3, -0.25) is 14.3 Å². The number of hydrazone groups is 1. The van der Waals surface area contributed by atoms with Gasteiger partial charge in [0, 0.05) is 17.0 Å². The minimum atomic E-state index is -0.372. The maximum atomic E-state index is 13.2. The molecule has 1 N–H and O–H groups in total. The molecule has 0 bridgehead atoms. The fraction of sp³-hybridized carbons (Fsp3) is 0.200. The third-order valence-electron chi connectivity index (χ3n) is 5.52. The van der Waals surface area contributed by atoms with E-state index in [9.17, 15) is 9.59 Å². The fourth-order valence-corrected chi connectivity index (χ4v) is 3.89. The normalized spacial score (nSPS) is 11.3. The van der Waals surface area contributed by atoms with Crippen LogP contribution in [0.1, 0.15) is 38.7 Å². The third kappa shape index (κ3) is 4.03. The number of fused-ring (bicyclic) bond motifs is 1. The van der Waals surface area contributed by atoms with Gasteiger partial charge in [-0.1, -0.05) is 18.2 Å². The van der Waals surface area contributed by atoms with Gasteiger partial charge in [0.1, 0.15) is 11.6 Å². The molecule has 8 heteroatoms. The molecule has 2 aromatic carbocycles. The van der Waals surface area contributed by atoms with E-state index in [1.807, 2.05) is 55.8 Å². The Morgan fingerprint density at radius 3 is 2.58 bits per heavy atom. The number of para-hydroxylation sites is 1. The van der Waals surface area contributed by atoms with E-state index >= 15 is 0 Å². The Labute approximate surface area is 191 Å². The maximum Gasteiger partial charge on any atom is 0.280 e. The molecule has 0 spiro atoms. The summed E-state index contributed by atoms with van der Waals surface area (Å²) in [6, 6.07) is 14.5. The van der Waals surface area contributed by atoms with Gasteiger partial charge in [-0.2, -0.15) is 9.78 Å². The van der Waals surface area contributed by atoms with Gasteiger partial charge in [-0.05, 0) is 63.6 Å². The predicted molar refractivity (Wildman–Crippen MR) is 128 cm³/mol. The van der Waals surface area contributed by atoms with Crippen LogP contribution in [0.15, 0.2) is 58.4 Å². The largest absolute Gasteiger partial charge is 0.496 e. The number of methoxy groups -OCH3 is 1. The second kappa shape index (κ2) is 8.74. The summed E-state index contributed by atoms with van der Waals surface area (Å²) < 4.78 is 8.66. The van der Waals surface area contributed by atoms with Gasteiger partial charge in [-0.15, -0.1) is 0 Å². The molecule has 0 aliphatic heterocycles. The number of amides is 1. The Kier molecular flexibility index (Phi) is 5.83. The summed E-state index contributed by atoms with van der Waals surface area (Å²) in [7, 11) is 1.52. The fourth-order valence-electron chi connectivity index (χ4n) is 3.89. The van der Waals surface area contributed by atoms with Crippen molar-refractivity contribution in [3.63, 3.8) is 0 Å². The number of carbonyl (C=O) groups excluding carboxylic acids is 1. The summed E-state index contributed by atoms with van der Waals surface area (Å²) >= 11 is 0. The molecular weight excluding hydrogens is 418 g/mol. The number of aromatic nitrogens is 3. The quantitative estimate of drug-likeness (QED) is 0.377. The van der Waals surface area contributed by atoms with E-state index in [4.69, 9.17) is 4.74 Å². The molecule has 0 aliphatic rings. The highest BCUT2D eigenvalue weighted by Gasteiger charge is 2.16. The average Bonchev–Trinajstić information content (AvgIpc) is 3.07. The lowest BCUT2D eigenvalue weighted by atomic mass is 10.1. The van der Waals surface area contributed by atoms with Gasteiger partial charge in [0.05, 0.1) is 29.8 Å². The van der Waals surface area contributed by atoms with Crippen LogP contribution >= 0.6 is 0 Å². The highest BCUT2D eigenvalue weighted by Crippen LogP contribution is 2.20. The molecule has 0 radical (unpaired) electrons. The molecule has 0 saturated carbocycles. The number of rotatable bonds is 5. The lowest BCUT2D eigenvalue weighted by Crippen LogP contribution is -2.30. The highest BCUT2D eigenvalue weighted by molar-refractivity contribution is 5.97. The first kappa shape index (κ1) is 22.0. The lowest BCUT2D eigenvalue weighted by molar-refractivity contribution is 0.0952. The second-order valence-corrected chi connectivity index (χ2v) is 7.83. The van der Waals surface area contributed by atoms with Gasteiger partial charge >= 0.3 is 0 Å². The van der Waals surface area contributed by atoms with Gasteiger partial charge in [0.2, 0.25) is 0 Å². The van der Waals surface area contributed by atoms with Crippen molar-refractivity contribution in [2.45, 2.75) is 27.7 Å². The number of benzene rings is 2. The van der Waals surface area contributed by atoms with Crippen molar-refractivity contribution in [1.29, 1.82) is 0 Å². The highest BCUT2D eigenvalue weighted by atomic mass is 16.5. The Bertz CT molecular complexity index is 1460. The third-order valence-corrected chi connectivity index (χ3v) is 5.52. The number of nitrogens with zero attached hydrogens (tertiary/aromatic N) is 4. The van der Waals surface area contributed by atoms with Gasteiger partial charge in [0.25, 0.3) is 11.5 Å². The molecule has 2 heterocycles. The topological polar surface area (TPSA) is 90.5 Å². The van der Waals surface area contributed by atoms with E-state index < -0.39 is 0 Å². The first-order chi connectivity index (χ1) is 15.8. The summed E-state index contributed by atoms with van der Waals surface area (Å²) in [6.45, 7) is 7.52. The van der Waals surface area contributed by atoms with E-state index in [1.165, 1.54) is 7.11 Å². The van der Waals surface area contributed by atoms with Crippen LogP contribution in [0.2, 0.25) is 0 Å². The molecule has 0 saturated heterocycles. The molecule has 0 aliphatic carbocycles. The molecule has 1 amide bonds. The molecule has 4 aromatic rings. The molecule has 168 valence electrons. The van der Waals surface area contributed by atoms with E-state index in [0.29, 0.717) is 28.0 Å². The summed E-state index contributed by atoms with van der Waals surface area (Å²) in [4.78, 5) is 30.3. The van der Waals surface area contributed by atoms with Crippen molar-refractivity contribution in [3.05, 3.63) is 92.8 Å². The molecule has 4 rings (SSSR count). The Hall–Kier alpha value is -4.20. The van der Waals surface area contributed by atoms with E-state index in [2.05, 4.69) is 15.5 Å². The zero-order chi connectivity index (χ0) is 23.7. The number of hydrogen-bond donors (Lipinski definition) is 1. The summed E-state index contributed by atoms with van der Waals surface area (Å²) in [5.41, 5.74) is 6.84. The molecule has 0 fully saturated rings. The van der Waals surface area contributed by atoms with Crippen LogP contribution in [0.5, 0.6) is 5.75 Å². The van der Waals surface area contributed by atoms with Gasteiger partial charge in [0.15, 0.2) is 0 Å². The molecule has 8 nitrogen and oxygen atoms in total. The second-order valence-electron chi connectivity index (χ2n) is 7.83. The zero-order valence-corrected chi connectivity index (χ0v) is 19.2.